The van der Waals surface area contributed by atoms with E-state index in [1.54, 1.807) is 0 Å². The molecule has 0 aromatic heterocycles. The molecule has 2 rings (SSSR count). The lowest BCUT2D eigenvalue weighted by Crippen LogP contribution is -1.77. The third-order valence-electron chi connectivity index (χ3n) is 2.41. The van der Waals surface area contributed by atoms with Crippen molar-refractivity contribution in [2.45, 2.75) is 20.8 Å². The van der Waals surface area contributed by atoms with Crippen LogP contribution in [-0.2, 0) is 0 Å². The van der Waals surface area contributed by atoms with E-state index in [1.807, 2.05) is 62.4 Å². The largest absolute Gasteiger partial charge is 0.0838 e. The summed E-state index contributed by atoms with van der Waals surface area (Å²) in [6.45, 7) is 6.10. The average molecular weight is 259 g/mol. The highest BCUT2D eigenvalue weighted by molar-refractivity contribution is 6.49. The Morgan fingerprint density at radius 2 is 1.22 bits per heavy atom. The van der Waals surface area contributed by atoms with E-state index < -0.39 is 0 Å². The maximum Gasteiger partial charge on any atom is 0.0464 e. The predicted octanol–water partition coefficient (Wildman–Crippen LogP) is 5.67. The number of benzene rings is 2. The van der Waals surface area contributed by atoms with Crippen molar-refractivity contribution in [3.05, 3.63) is 77.4 Å². The Hall–Kier alpha value is -1.53. The van der Waals surface area contributed by atoms with Gasteiger partial charge in [0.1, 0.15) is 0 Å². The Balaban J connectivity index is 0.000000199. The van der Waals surface area contributed by atoms with Crippen LogP contribution in [0.5, 0.6) is 0 Å². The molecular weight excluding hydrogens is 240 g/mol. The van der Waals surface area contributed by atoms with Crippen LogP contribution >= 0.6 is 11.6 Å². The maximum atomic E-state index is 6.02. The normalized spacial score (nSPS) is 9.11. The van der Waals surface area contributed by atoms with E-state index in [0.717, 1.165) is 16.2 Å². The Labute approximate surface area is 115 Å². The van der Waals surface area contributed by atoms with Crippen LogP contribution in [0.1, 0.15) is 25.0 Å². The topological polar surface area (TPSA) is 0 Å². The highest BCUT2D eigenvalue weighted by Gasteiger charge is 1.96. The smallest absolute Gasteiger partial charge is 0.0464 e. The summed E-state index contributed by atoms with van der Waals surface area (Å²) in [6.07, 6.45) is 0. The van der Waals surface area contributed by atoms with Gasteiger partial charge >= 0.3 is 0 Å². The van der Waals surface area contributed by atoms with E-state index in [2.05, 4.69) is 19.1 Å². The number of hydrogen-bond donors (Lipinski definition) is 0. The Morgan fingerprint density at radius 1 is 0.778 bits per heavy atom. The van der Waals surface area contributed by atoms with Gasteiger partial charge in [-0.2, -0.15) is 0 Å². The molecule has 0 saturated carbocycles. The molecular formula is C17H19Cl. The van der Waals surface area contributed by atoms with Gasteiger partial charge in [-0.1, -0.05) is 83.4 Å². The summed E-state index contributed by atoms with van der Waals surface area (Å²) in [7, 11) is 0. The Kier molecular flexibility index (Phi) is 6.24. The number of allylic oxidation sites excluding steroid dienone is 1. The molecule has 0 amide bonds. The number of aryl methyl sites for hydroxylation is 1. The summed E-state index contributed by atoms with van der Waals surface area (Å²) < 4.78 is 0. The first-order chi connectivity index (χ1) is 8.61. The summed E-state index contributed by atoms with van der Waals surface area (Å²) in [5, 5.41) is 0.852. The molecule has 0 saturated heterocycles. The summed E-state index contributed by atoms with van der Waals surface area (Å²) in [4.78, 5) is 0. The predicted molar refractivity (Wildman–Crippen MR) is 81.7 cm³/mol. The summed E-state index contributed by atoms with van der Waals surface area (Å²) in [5.74, 6) is 0. The van der Waals surface area contributed by atoms with Crippen molar-refractivity contribution in [2.75, 3.05) is 0 Å². The van der Waals surface area contributed by atoms with Crippen LogP contribution in [0, 0.1) is 6.92 Å². The van der Waals surface area contributed by atoms with Crippen molar-refractivity contribution in [1.82, 2.24) is 0 Å². The van der Waals surface area contributed by atoms with E-state index >= 15 is 0 Å². The SMILES string of the molecule is CC(C)=C(Cl)c1ccccc1.Cc1ccccc1. The zero-order chi connectivity index (χ0) is 13.4. The zero-order valence-electron chi connectivity index (χ0n) is 11.2. The minimum Gasteiger partial charge on any atom is -0.0838 e. The van der Waals surface area contributed by atoms with E-state index in [-0.39, 0.29) is 0 Å². The van der Waals surface area contributed by atoms with Crippen LogP contribution in [-0.4, -0.2) is 0 Å². The molecule has 0 atom stereocenters. The van der Waals surface area contributed by atoms with Crippen LogP contribution in [0.15, 0.2) is 66.2 Å². The first kappa shape index (κ1) is 14.5. The second kappa shape index (κ2) is 7.73. The lowest BCUT2D eigenvalue weighted by atomic mass is 10.1. The van der Waals surface area contributed by atoms with Crippen molar-refractivity contribution < 1.29 is 0 Å². The fraction of sp³-hybridized carbons (Fsp3) is 0.176. The van der Waals surface area contributed by atoms with Crippen molar-refractivity contribution >= 4 is 16.6 Å². The van der Waals surface area contributed by atoms with Gasteiger partial charge in [0.15, 0.2) is 0 Å². The summed E-state index contributed by atoms with van der Waals surface area (Å²) in [6, 6.07) is 20.2. The van der Waals surface area contributed by atoms with E-state index in [4.69, 9.17) is 11.6 Å². The molecule has 0 spiro atoms. The van der Waals surface area contributed by atoms with Crippen LogP contribution in [0.2, 0.25) is 0 Å². The minimum absolute atomic E-state index is 0.852. The maximum absolute atomic E-state index is 6.02. The number of hydrogen-bond acceptors (Lipinski definition) is 0. The third kappa shape index (κ3) is 5.20. The number of rotatable bonds is 1. The van der Waals surface area contributed by atoms with Crippen LogP contribution in [0.3, 0.4) is 0 Å². The highest BCUT2D eigenvalue weighted by Crippen LogP contribution is 2.21. The summed E-state index contributed by atoms with van der Waals surface area (Å²) in [5.41, 5.74) is 3.56. The van der Waals surface area contributed by atoms with Gasteiger partial charge in [-0.25, -0.2) is 0 Å². The van der Waals surface area contributed by atoms with Gasteiger partial charge in [0, 0.05) is 5.03 Å². The van der Waals surface area contributed by atoms with Gasteiger partial charge in [-0.3, -0.25) is 0 Å². The molecule has 0 aliphatic rings. The van der Waals surface area contributed by atoms with E-state index in [9.17, 15) is 0 Å². The lowest BCUT2D eigenvalue weighted by Gasteiger charge is -1.99. The van der Waals surface area contributed by atoms with E-state index in [1.165, 1.54) is 5.56 Å². The van der Waals surface area contributed by atoms with Gasteiger partial charge in [0.05, 0.1) is 0 Å². The molecule has 0 fully saturated rings. The second-order valence-corrected chi connectivity index (χ2v) is 4.71. The monoisotopic (exact) mass is 258 g/mol. The van der Waals surface area contributed by atoms with Crippen LogP contribution in [0.4, 0.5) is 0 Å². The Morgan fingerprint density at radius 3 is 1.56 bits per heavy atom. The molecule has 0 unspecified atom stereocenters. The van der Waals surface area contributed by atoms with E-state index in [0.29, 0.717) is 0 Å². The Bertz CT molecular complexity index is 480. The fourth-order valence-corrected chi connectivity index (χ4v) is 1.53. The van der Waals surface area contributed by atoms with Crippen molar-refractivity contribution in [2.24, 2.45) is 0 Å². The van der Waals surface area contributed by atoms with Crippen molar-refractivity contribution in [1.29, 1.82) is 0 Å². The average Bonchev–Trinajstić information content (AvgIpc) is 2.40. The molecule has 94 valence electrons. The van der Waals surface area contributed by atoms with Crippen LogP contribution in [0.25, 0.3) is 5.03 Å². The van der Waals surface area contributed by atoms with Gasteiger partial charge in [0.25, 0.3) is 0 Å². The molecule has 18 heavy (non-hydrogen) atoms. The van der Waals surface area contributed by atoms with Gasteiger partial charge in [-0.15, -0.1) is 0 Å². The minimum atomic E-state index is 0.852. The van der Waals surface area contributed by atoms with Crippen molar-refractivity contribution in [3.63, 3.8) is 0 Å². The zero-order valence-corrected chi connectivity index (χ0v) is 11.9. The van der Waals surface area contributed by atoms with Gasteiger partial charge < -0.3 is 0 Å². The first-order valence-corrected chi connectivity index (χ1v) is 6.39. The molecule has 2 aromatic rings. The molecule has 0 aliphatic heterocycles. The molecule has 0 nitrogen and oxygen atoms in total. The highest BCUT2D eigenvalue weighted by atomic mass is 35.5. The standard InChI is InChI=1S/C10H11Cl.C7H8/c1-8(2)10(11)9-6-4-3-5-7-9;1-7-5-3-2-4-6-7/h3-7H,1-2H3;2-6H,1H3. The molecule has 1 heteroatoms. The fourth-order valence-electron chi connectivity index (χ4n) is 1.41. The molecule has 2 aromatic carbocycles. The van der Waals surface area contributed by atoms with Gasteiger partial charge in [-0.05, 0) is 26.3 Å². The quantitative estimate of drug-likeness (QED) is 0.618. The third-order valence-corrected chi connectivity index (χ3v) is 3.00. The van der Waals surface area contributed by atoms with Crippen LogP contribution < -0.4 is 0 Å². The first-order valence-electron chi connectivity index (χ1n) is 6.01. The van der Waals surface area contributed by atoms with Gasteiger partial charge in [0.2, 0.25) is 0 Å². The molecule has 0 heterocycles. The molecule has 0 radical (unpaired) electrons. The number of halogens is 1. The lowest BCUT2D eigenvalue weighted by molar-refractivity contribution is 1.41. The molecule has 0 bridgehead atoms. The second-order valence-electron chi connectivity index (χ2n) is 4.33. The van der Waals surface area contributed by atoms with Crippen molar-refractivity contribution in [3.8, 4) is 0 Å². The molecule has 0 N–H and O–H groups in total. The molecule has 0 aliphatic carbocycles. The summed E-state index contributed by atoms with van der Waals surface area (Å²) >= 11 is 6.02.